The minimum absolute atomic E-state index is 0.677. The molecular weight excluding hydrogens is 301 g/mol. The monoisotopic (exact) mass is 313 g/mol. The van der Waals surface area contributed by atoms with Crippen molar-refractivity contribution in [1.29, 1.82) is 0 Å². The fourth-order valence-electron chi connectivity index (χ4n) is 1.62. The van der Waals surface area contributed by atoms with E-state index in [0.29, 0.717) is 15.7 Å². The Morgan fingerprint density at radius 3 is 2.68 bits per heavy atom. The van der Waals surface area contributed by atoms with Crippen molar-refractivity contribution in [2.75, 3.05) is 12.8 Å². The highest BCUT2D eigenvalue weighted by molar-refractivity contribution is 7.98. The molecule has 100 valence electrons. The molecule has 0 aliphatic heterocycles. The molecule has 0 unspecified atom stereocenters. The quantitative estimate of drug-likeness (QED) is 0.645. The Hall–Kier alpha value is -1.03. The summed E-state index contributed by atoms with van der Waals surface area (Å²) in [6, 6.07) is 11.1. The van der Waals surface area contributed by atoms with Gasteiger partial charge in [-0.3, -0.25) is 0 Å². The van der Waals surface area contributed by atoms with Crippen LogP contribution in [-0.2, 0) is 5.75 Å². The molecule has 0 radical (unpaired) electrons. The lowest BCUT2D eigenvalue weighted by Crippen LogP contribution is -1.93. The van der Waals surface area contributed by atoms with E-state index < -0.39 is 0 Å². The lowest BCUT2D eigenvalue weighted by Gasteiger charge is -2.10. The van der Waals surface area contributed by atoms with Gasteiger partial charge in [0.05, 0.1) is 12.1 Å². The first kappa shape index (κ1) is 14.4. The maximum Gasteiger partial charge on any atom is 0.124 e. The predicted molar refractivity (Wildman–Crippen MR) is 83.4 cm³/mol. The van der Waals surface area contributed by atoms with Crippen LogP contribution in [0.2, 0.25) is 10.0 Å². The Kier molecular flexibility index (Phi) is 4.86. The maximum absolute atomic E-state index is 6.13. The highest BCUT2D eigenvalue weighted by atomic mass is 35.5. The lowest BCUT2D eigenvalue weighted by atomic mass is 10.2. The Morgan fingerprint density at radius 2 is 1.95 bits per heavy atom. The molecule has 0 aliphatic carbocycles. The second kappa shape index (κ2) is 6.42. The number of hydrogen-bond donors (Lipinski definition) is 1. The molecule has 2 N–H and O–H groups in total. The Balaban J connectivity index is 2.16. The number of nitrogen functional groups attached to an aromatic ring is 1. The first-order valence-electron chi connectivity index (χ1n) is 5.60. The van der Waals surface area contributed by atoms with Crippen molar-refractivity contribution in [3.63, 3.8) is 0 Å². The zero-order valence-corrected chi connectivity index (χ0v) is 12.6. The highest BCUT2D eigenvalue weighted by Crippen LogP contribution is 2.34. The molecular formula is C14H13Cl2NOS. The summed E-state index contributed by atoms with van der Waals surface area (Å²) in [4.78, 5) is 0.952. The van der Waals surface area contributed by atoms with Gasteiger partial charge >= 0.3 is 0 Å². The molecule has 2 rings (SSSR count). The summed E-state index contributed by atoms with van der Waals surface area (Å²) in [6.07, 6.45) is 0. The van der Waals surface area contributed by atoms with Crippen LogP contribution in [0.5, 0.6) is 5.75 Å². The number of halogens is 2. The largest absolute Gasteiger partial charge is 0.496 e. The van der Waals surface area contributed by atoms with Crippen molar-refractivity contribution in [1.82, 2.24) is 0 Å². The fourth-order valence-corrected chi connectivity index (χ4v) is 3.11. The third-order valence-electron chi connectivity index (χ3n) is 2.59. The summed E-state index contributed by atoms with van der Waals surface area (Å²) in [6.45, 7) is 0. The standard InChI is InChI=1S/C14H13Cl2NOS/c1-18-13-7-11(17)4-2-9(13)8-19-14-6-10(15)3-5-12(14)16/h2-7H,8,17H2,1H3. The van der Waals surface area contributed by atoms with Crippen LogP contribution in [0.15, 0.2) is 41.3 Å². The van der Waals surface area contributed by atoms with Crippen LogP contribution in [0.1, 0.15) is 5.56 Å². The van der Waals surface area contributed by atoms with E-state index >= 15 is 0 Å². The Labute approximate surface area is 126 Å². The van der Waals surface area contributed by atoms with Crippen LogP contribution >= 0.6 is 35.0 Å². The topological polar surface area (TPSA) is 35.2 Å². The van der Waals surface area contributed by atoms with E-state index in [9.17, 15) is 0 Å². The fraction of sp³-hybridized carbons (Fsp3) is 0.143. The number of thioether (sulfide) groups is 1. The normalized spacial score (nSPS) is 10.5. The summed E-state index contributed by atoms with van der Waals surface area (Å²) in [7, 11) is 1.63. The molecule has 0 aliphatic rings. The summed E-state index contributed by atoms with van der Waals surface area (Å²) < 4.78 is 5.32. The number of methoxy groups -OCH3 is 1. The molecule has 2 aromatic carbocycles. The molecule has 5 heteroatoms. The van der Waals surface area contributed by atoms with E-state index in [4.69, 9.17) is 33.7 Å². The van der Waals surface area contributed by atoms with Crippen molar-refractivity contribution < 1.29 is 4.74 Å². The maximum atomic E-state index is 6.13. The second-order valence-corrected chi connectivity index (χ2v) is 5.80. The van der Waals surface area contributed by atoms with Crippen LogP contribution in [-0.4, -0.2) is 7.11 Å². The Morgan fingerprint density at radius 1 is 1.16 bits per heavy atom. The van der Waals surface area contributed by atoms with E-state index in [0.717, 1.165) is 22.0 Å². The summed E-state index contributed by atoms with van der Waals surface area (Å²) >= 11 is 13.7. The van der Waals surface area contributed by atoms with E-state index in [1.54, 1.807) is 31.0 Å². The highest BCUT2D eigenvalue weighted by Gasteiger charge is 2.07. The number of ether oxygens (including phenoxy) is 1. The first-order chi connectivity index (χ1) is 9.10. The van der Waals surface area contributed by atoms with Gasteiger partial charge in [0.2, 0.25) is 0 Å². The third kappa shape index (κ3) is 3.72. The van der Waals surface area contributed by atoms with Crippen molar-refractivity contribution in [2.45, 2.75) is 10.6 Å². The molecule has 0 heterocycles. The van der Waals surface area contributed by atoms with Gasteiger partial charge in [-0.2, -0.15) is 0 Å². The van der Waals surface area contributed by atoms with Crippen LogP contribution in [0, 0.1) is 0 Å². The molecule has 0 fully saturated rings. The SMILES string of the molecule is COc1cc(N)ccc1CSc1cc(Cl)ccc1Cl. The molecule has 2 aromatic rings. The number of anilines is 1. The van der Waals surface area contributed by atoms with E-state index in [1.165, 1.54) is 0 Å². The third-order valence-corrected chi connectivity index (χ3v) is 4.37. The second-order valence-electron chi connectivity index (χ2n) is 3.93. The van der Waals surface area contributed by atoms with Gasteiger partial charge in [-0.1, -0.05) is 29.3 Å². The molecule has 0 atom stereocenters. The zero-order valence-electron chi connectivity index (χ0n) is 10.3. The van der Waals surface area contributed by atoms with Gasteiger partial charge in [-0.15, -0.1) is 11.8 Å². The summed E-state index contributed by atoms with van der Waals surface area (Å²) in [5.74, 6) is 1.52. The predicted octanol–water partition coefficient (Wildman–Crippen LogP) is 4.88. The smallest absolute Gasteiger partial charge is 0.124 e. The molecule has 0 amide bonds. The van der Waals surface area contributed by atoms with Gasteiger partial charge in [-0.05, 0) is 24.3 Å². The van der Waals surface area contributed by atoms with Crippen LogP contribution in [0.25, 0.3) is 0 Å². The van der Waals surface area contributed by atoms with Gasteiger partial charge in [0.1, 0.15) is 5.75 Å². The summed E-state index contributed by atoms with van der Waals surface area (Å²) in [5.41, 5.74) is 7.48. The van der Waals surface area contributed by atoms with Crippen LogP contribution in [0.4, 0.5) is 5.69 Å². The van der Waals surface area contributed by atoms with Crippen LogP contribution in [0.3, 0.4) is 0 Å². The number of nitrogens with two attached hydrogens (primary N) is 1. The van der Waals surface area contributed by atoms with Gasteiger partial charge in [-0.25, -0.2) is 0 Å². The van der Waals surface area contributed by atoms with E-state index in [1.807, 2.05) is 24.3 Å². The van der Waals surface area contributed by atoms with Gasteiger partial charge < -0.3 is 10.5 Å². The molecule has 0 spiro atoms. The van der Waals surface area contributed by atoms with Gasteiger partial charge in [0.25, 0.3) is 0 Å². The molecule has 0 aromatic heterocycles. The zero-order chi connectivity index (χ0) is 13.8. The Bertz CT molecular complexity index is 590. The van der Waals surface area contributed by atoms with E-state index in [2.05, 4.69) is 0 Å². The van der Waals surface area contributed by atoms with Crippen LogP contribution < -0.4 is 10.5 Å². The minimum atomic E-state index is 0.677. The summed E-state index contributed by atoms with van der Waals surface area (Å²) in [5, 5.41) is 1.37. The first-order valence-corrected chi connectivity index (χ1v) is 7.34. The van der Waals surface area contributed by atoms with Crippen molar-refractivity contribution in [3.05, 3.63) is 52.0 Å². The van der Waals surface area contributed by atoms with Gasteiger partial charge in [0.15, 0.2) is 0 Å². The van der Waals surface area contributed by atoms with Crippen molar-refractivity contribution in [2.24, 2.45) is 0 Å². The minimum Gasteiger partial charge on any atom is -0.496 e. The average molecular weight is 314 g/mol. The number of rotatable bonds is 4. The molecule has 0 saturated carbocycles. The molecule has 0 bridgehead atoms. The van der Waals surface area contributed by atoms with Gasteiger partial charge in [0, 0.05) is 33.0 Å². The van der Waals surface area contributed by atoms with Crippen molar-refractivity contribution >= 4 is 40.7 Å². The molecule has 2 nitrogen and oxygen atoms in total. The molecule has 19 heavy (non-hydrogen) atoms. The number of benzene rings is 2. The van der Waals surface area contributed by atoms with E-state index in [-0.39, 0.29) is 0 Å². The molecule has 0 saturated heterocycles. The number of hydrogen-bond acceptors (Lipinski definition) is 3. The average Bonchev–Trinajstić information content (AvgIpc) is 2.40. The van der Waals surface area contributed by atoms with Crippen molar-refractivity contribution in [3.8, 4) is 5.75 Å². The lowest BCUT2D eigenvalue weighted by molar-refractivity contribution is 0.411.